The van der Waals surface area contributed by atoms with Crippen molar-refractivity contribution in [2.24, 2.45) is 0 Å². The van der Waals surface area contributed by atoms with Crippen LogP contribution < -0.4 is 30.1 Å². The lowest BCUT2D eigenvalue weighted by Gasteiger charge is -2.43. The maximum absolute atomic E-state index is 17.8. The summed E-state index contributed by atoms with van der Waals surface area (Å²) >= 11 is 3.34. The molecule has 5 aromatic rings. The van der Waals surface area contributed by atoms with Crippen molar-refractivity contribution < 1.29 is 68.5 Å². The van der Waals surface area contributed by atoms with Crippen molar-refractivity contribution in [3.8, 4) is 32.4 Å². The maximum atomic E-state index is 17.8. The molecule has 3 aromatic carbocycles. The number of hydrogen-bond acceptors (Lipinski definition) is 17. The first-order valence-corrected chi connectivity index (χ1v) is 27.8. The third kappa shape index (κ3) is 8.91. The van der Waals surface area contributed by atoms with Crippen LogP contribution in [-0.4, -0.2) is 86.8 Å². The summed E-state index contributed by atoms with van der Waals surface area (Å²) in [5, 5.41) is 16.0. The van der Waals surface area contributed by atoms with Crippen LogP contribution in [0, 0.1) is 11.6 Å². The Morgan fingerprint density at radius 1 is 0.915 bits per heavy atom. The van der Waals surface area contributed by atoms with Gasteiger partial charge in [0.2, 0.25) is 11.3 Å². The van der Waals surface area contributed by atoms with Gasteiger partial charge in [-0.1, -0.05) is 5.04 Å². The Labute approximate surface area is 422 Å². The first kappa shape index (κ1) is 50.9. The number of benzene rings is 3. The van der Waals surface area contributed by atoms with Crippen molar-refractivity contribution >= 4 is 95.7 Å². The van der Waals surface area contributed by atoms with Crippen molar-refractivity contribution in [2.45, 2.75) is 76.2 Å². The fraction of sp³-hybridized carbons (Fsp3) is 0.304. The molecular weight excluding hydrogens is 1050 g/mol. The van der Waals surface area contributed by atoms with E-state index in [9.17, 15) is 40.3 Å². The number of fused-ring (bicyclic) bond motifs is 8. The molecule has 25 heteroatoms. The van der Waals surface area contributed by atoms with Gasteiger partial charge in [-0.15, -0.1) is 38.8 Å². The van der Waals surface area contributed by atoms with Crippen molar-refractivity contribution in [1.82, 2.24) is 14.8 Å². The van der Waals surface area contributed by atoms with Gasteiger partial charge in [0.05, 0.1) is 44.1 Å². The van der Waals surface area contributed by atoms with Gasteiger partial charge in [-0.3, -0.25) is 23.8 Å². The number of nitrogens with one attached hydrogen (secondary N) is 1. The van der Waals surface area contributed by atoms with Crippen LogP contribution in [0.3, 0.4) is 0 Å². The van der Waals surface area contributed by atoms with E-state index < -0.39 is 81.8 Å². The highest BCUT2D eigenvalue weighted by atomic mass is 32.3. The zero-order valence-corrected chi connectivity index (χ0v) is 43.3. The number of hydrogen-bond donors (Lipinski definition) is 3. The summed E-state index contributed by atoms with van der Waals surface area (Å²) in [5.41, 5.74) is 0.0976. The lowest BCUT2D eigenvalue weighted by Crippen LogP contribution is -2.46. The SMILES string of the molecule is CN1c2cc3c(cc2-c2sc(SOOO)cc2C1(C)C)C(c1c(F)c(SCC(=O)NCCCCCN2C(=O)C=CC2=O)cc(F)c1S(=O)(=O)[O-])=c1cc2c(cc1O3)=[N+](C)C(C)(C)c1cc(S(=O)(=O)O)sc1-2. The minimum absolute atomic E-state index is 0.00415. The number of imide groups is 1. The Morgan fingerprint density at radius 3 is 2.30 bits per heavy atom. The molecule has 4 aliphatic heterocycles. The molecule has 0 unspecified atom stereocenters. The number of thiophene rings is 2. The van der Waals surface area contributed by atoms with Gasteiger partial charge in [-0.05, 0) is 69.0 Å². The van der Waals surface area contributed by atoms with Crippen molar-refractivity contribution in [3.05, 3.63) is 99.1 Å². The molecule has 0 spiro atoms. The van der Waals surface area contributed by atoms with Gasteiger partial charge in [0.1, 0.15) is 49.4 Å². The molecule has 17 nitrogen and oxygen atoms in total. The van der Waals surface area contributed by atoms with Crippen LogP contribution in [0.5, 0.6) is 11.5 Å². The molecule has 2 aromatic heterocycles. The molecule has 0 aliphatic carbocycles. The van der Waals surface area contributed by atoms with E-state index in [0.29, 0.717) is 78.8 Å². The molecule has 3 N–H and O–H groups in total. The molecule has 0 fully saturated rings. The number of nitrogens with zero attached hydrogens (tertiary/aromatic N) is 3. The van der Waals surface area contributed by atoms with Gasteiger partial charge in [0.25, 0.3) is 11.8 Å². The van der Waals surface area contributed by atoms with Gasteiger partial charge in [0, 0.05) is 101 Å². The standard InChI is InChI=1S/C46H42F2N4O13S6/c1-45(2)26-16-37(69-65-64-56)67-42(26)22-14-24-31(19-29(22)50(45)5)63-32-20-30-23(43-27(46(3,4)51(30)6)17-38(68-43)70(57,58)59)15-25(32)39(24)40-41(48)33(18-28(47)44(40)71(60,61)62)66-21-34(53)49-12-8-7-9-13-52-35(54)10-11-36(52)55/h10-11,14-20H,7-9,12-13,21H2,1-6H3,(H3-,49,53,56,57,58,59,60,61,62). The van der Waals surface area contributed by atoms with Crippen LogP contribution in [0.25, 0.3) is 26.5 Å². The largest absolute Gasteiger partial charge is 0.744 e. The Bertz CT molecular complexity index is 3540. The van der Waals surface area contributed by atoms with E-state index >= 15 is 8.78 Å². The monoisotopic (exact) mass is 1090 g/mol. The van der Waals surface area contributed by atoms with Crippen LogP contribution in [0.2, 0.25) is 0 Å². The second-order valence-corrected chi connectivity index (χ2v) is 25.0. The topological polar surface area (TPSA) is 232 Å². The summed E-state index contributed by atoms with van der Waals surface area (Å²) in [7, 11) is -6.94. The van der Waals surface area contributed by atoms with E-state index in [4.69, 9.17) is 14.3 Å². The number of halogens is 2. The summed E-state index contributed by atoms with van der Waals surface area (Å²) in [6.45, 7) is 8.01. The van der Waals surface area contributed by atoms with E-state index in [2.05, 4.69) is 10.4 Å². The second-order valence-electron chi connectivity index (χ2n) is 18.0. The maximum Gasteiger partial charge on any atom is 0.304 e. The number of carbonyl (C=O) groups is 3. The minimum Gasteiger partial charge on any atom is -0.744 e. The van der Waals surface area contributed by atoms with Crippen LogP contribution in [0.15, 0.2) is 72.8 Å². The molecule has 0 radical (unpaired) electrons. The molecule has 0 saturated carbocycles. The van der Waals surface area contributed by atoms with Crippen molar-refractivity contribution in [1.29, 1.82) is 0 Å². The first-order chi connectivity index (χ1) is 33.3. The van der Waals surface area contributed by atoms with E-state index in [1.165, 1.54) is 35.6 Å². The fourth-order valence-corrected chi connectivity index (χ4v) is 14.5. The lowest BCUT2D eigenvalue weighted by atomic mass is 9.83. The van der Waals surface area contributed by atoms with Crippen LogP contribution in [0.4, 0.5) is 14.5 Å². The highest BCUT2D eigenvalue weighted by molar-refractivity contribution is 8.00. The van der Waals surface area contributed by atoms with Gasteiger partial charge >= 0.3 is 10.1 Å². The highest BCUT2D eigenvalue weighted by Crippen LogP contribution is 2.55. The quantitative estimate of drug-likeness (QED) is 0.0142. The van der Waals surface area contributed by atoms with Gasteiger partial charge < -0.3 is 19.5 Å². The molecule has 0 bridgehead atoms. The Kier molecular flexibility index (Phi) is 13.2. The Hall–Kier alpha value is -5.06. The van der Waals surface area contributed by atoms with Gasteiger partial charge in [-0.2, -0.15) is 8.42 Å². The number of carbonyl (C=O) groups excluding carboxylic acids is 3. The fourth-order valence-electron chi connectivity index (χ4n) is 9.18. The van der Waals surface area contributed by atoms with Crippen LogP contribution >= 0.6 is 46.5 Å². The van der Waals surface area contributed by atoms with E-state index in [-0.39, 0.29) is 45.2 Å². The van der Waals surface area contributed by atoms with Crippen molar-refractivity contribution in [2.75, 3.05) is 37.8 Å². The van der Waals surface area contributed by atoms with E-state index in [0.717, 1.165) is 33.8 Å². The summed E-state index contributed by atoms with van der Waals surface area (Å²) < 4.78 is 123. The molecule has 374 valence electrons. The van der Waals surface area contributed by atoms with Crippen LogP contribution in [-0.2, 0) is 55.1 Å². The molecule has 0 atom stereocenters. The number of ether oxygens (including phenoxy) is 1. The summed E-state index contributed by atoms with van der Waals surface area (Å²) in [4.78, 5) is 38.9. The third-order valence-electron chi connectivity index (χ3n) is 13.3. The van der Waals surface area contributed by atoms with E-state index in [1.54, 1.807) is 25.2 Å². The Balaban J connectivity index is 1.21. The average Bonchev–Trinajstić information content (AvgIpc) is 4.04. The summed E-state index contributed by atoms with van der Waals surface area (Å²) in [6, 6.07) is 10.2. The molecular formula is C46H42F2N4O13S6. The number of anilines is 1. The van der Waals surface area contributed by atoms with Gasteiger partial charge in [-0.25, -0.2) is 27.0 Å². The van der Waals surface area contributed by atoms with E-state index in [1.807, 2.05) is 50.3 Å². The first-order valence-electron chi connectivity index (χ1n) is 21.6. The third-order valence-corrected chi connectivity index (χ3v) is 19.5. The Morgan fingerprint density at radius 2 is 1.62 bits per heavy atom. The zero-order chi connectivity index (χ0) is 51.3. The van der Waals surface area contributed by atoms with Gasteiger partial charge in [0.15, 0.2) is 5.54 Å². The summed E-state index contributed by atoms with van der Waals surface area (Å²) in [5.74, 6) is -4.63. The second kappa shape index (κ2) is 18.5. The predicted molar refractivity (Wildman–Crippen MR) is 260 cm³/mol. The summed E-state index contributed by atoms with van der Waals surface area (Å²) in [6.07, 6.45) is 3.89. The number of thioether (sulfide) groups is 1. The molecule has 4 aliphatic rings. The highest BCUT2D eigenvalue weighted by Gasteiger charge is 2.43. The normalized spacial score (nSPS) is 16.3. The average molecular weight is 1090 g/mol. The number of unbranched alkanes of at least 4 members (excludes halogenated alkanes) is 2. The number of amides is 3. The number of rotatable bonds is 15. The molecule has 71 heavy (non-hydrogen) atoms. The smallest absolute Gasteiger partial charge is 0.304 e. The van der Waals surface area contributed by atoms with Crippen LogP contribution in [0.1, 0.15) is 69.2 Å². The zero-order valence-electron chi connectivity index (χ0n) is 38.4. The minimum atomic E-state index is -5.83. The molecule has 9 rings (SSSR count). The predicted octanol–water partition coefficient (Wildman–Crippen LogP) is 6.71. The lowest BCUT2D eigenvalue weighted by molar-refractivity contribution is -0.432. The molecule has 3 amide bonds. The van der Waals surface area contributed by atoms with Crippen molar-refractivity contribution in [3.63, 3.8) is 0 Å². The molecule has 6 heterocycles. The molecule has 0 saturated heterocycles.